The van der Waals surface area contributed by atoms with Crippen LogP contribution in [0.15, 0.2) is 42.0 Å². The first-order chi connectivity index (χ1) is 15.3. The van der Waals surface area contributed by atoms with Crippen molar-refractivity contribution >= 4 is 27.4 Å². The van der Waals surface area contributed by atoms with Gasteiger partial charge in [0, 0.05) is 37.9 Å². The molecular formula is C24H25N5OS. The van der Waals surface area contributed by atoms with Crippen LogP contribution in [-0.4, -0.2) is 52.7 Å². The van der Waals surface area contributed by atoms with Gasteiger partial charge < -0.3 is 9.64 Å². The minimum absolute atomic E-state index is 0.332. The van der Waals surface area contributed by atoms with Crippen LogP contribution in [0.25, 0.3) is 10.2 Å². The Labute approximate surface area is 186 Å². The Morgan fingerprint density at radius 1 is 1.10 bits per heavy atom. The molecule has 0 radical (unpaired) electrons. The zero-order chi connectivity index (χ0) is 20.8. The van der Waals surface area contributed by atoms with Gasteiger partial charge in [-0.25, -0.2) is 9.97 Å². The summed E-state index contributed by atoms with van der Waals surface area (Å²) in [6, 6.07) is 13.3. The molecule has 2 bridgehead atoms. The molecule has 2 aliphatic heterocycles. The van der Waals surface area contributed by atoms with Crippen molar-refractivity contribution in [2.75, 3.05) is 24.5 Å². The number of ether oxygens (including phenoxy) is 1. The summed E-state index contributed by atoms with van der Waals surface area (Å²) < 4.78 is 7.46. The first kappa shape index (κ1) is 19.0. The lowest BCUT2D eigenvalue weighted by Crippen LogP contribution is -2.56. The molecule has 1 aliphatic carbocycles. The molecule has 3 aromatic rings. The minimum Gasteiger partial charge on any atom is -0.489 e. The Balaban J connectivity index is 1.03. The highest BCUT2D eigenvalue weighted by atomic mass is 32.1. The van der Waals surface area contributed by atoms with Crippen molar-refractivity contribution in [1.82, 2.24) is 14.9 Å². The van der Waals surface area contributed by atoms with Crippen molar-refractivity contribution in [1.29, 1.82) is 5.26 Å². The molecule has 1 aromatic carbocycles. The van der Waals surface area contributed by atoms with Crippen molar-refractivity contribution in [3.63, 3.8) is 0 Å². The Morgan fingerprint density at radius 3 is 2.68 bits per heavy atom. The average Bonchev–Trinajstić information content (AvgIpc) is 3.35. The molecule has 6 nitrogen and oxygen atoms in total. The minimum atomic E-state index is 0.332. The van der Waals surface area contributed by atoms with Gasteiger partial charge in [0.15, 0.2) is 0 Å². The molecule has 7 heteroatoms. The van der Waals surface area contributed by atoms with Crippen LogP contribution in [0.3, 0.4) is 0 Å². The number of benzene rings is 1. The van der Waals surface area contributed by atoms with E-state index in [0.29, 0.717) is 23.8 Å². The number of anilines is 1. The van der Waals surface area contributed by atoms with E-state index < -0.39 is 0 Å². The molecule has 158 valence electrons. The van der Waals surface area contributed by atoms with E-state index in [1.165, 1.54) is 19.4 Å². The third-order valence-electron chi connectivity index (χ3n) is 7.02. The van der Waals surface area contributed by atoms with Crippen LogP contribution in [0.4, 0.5) is 5.82 Å². The lowest BCUT2D eigenvalue weighted by atomic mass is 9.81. The van der Waals surface area contributed by atoms with Crippen molar-refractivity contribution < 1.29 is 4.74 Å². The maximum atomic E-state index is 9.02. The molecule has 3 aliphatic rings. The van der Waals surface area contributed by atoms with Crippen LogP contribution in [0, 0.1) is 17.2 Å². The molecule has 2 unspecified atom stereocenters. The topological polar surface area (TPSA) is 65.3 Å². The van der Waals surface area contributed by atoms with Crippen molar-refractivity contribution in [2.24, 2.45) is 5.92 Å². The molecule has 6 rings (SSSR count). The maximum Gasteiger partial charge on any atom is 0.139 e. The number of piperazine rings is 1. The number of likely N-dealkylation sites (tertiary alicyclic amines) is 1. The zero-order valence-corrected chi connectivity index (χ0v) is 18.2. The number of fused-ring (bicyclic) bond motifs is 3. The molecule has 4 heterocycles. The van der Waals surface area contributed by atoms with E-state index in [-0.39, 0.29) is 0 Å². The number of nitrogens with zero attached hydrogens (tertiary/aromatic N) is 5. The quantitative estimate of drug-likeness (QED) is 0.607. The summed E-state index contributed by atoms with van der Waals surface area (Å²) in [5.74, 6) is 2.75. The molecule has 31 heavy (non-hydrogen) atoms. The Bertz CT molecular complexity index is 1100. The third kappa shape index (κ3) is 3.54. The lowest BCUT2D eigenvalue weighted by molar-refractivity contribution is 0.0396. The summed E-state index contributed by atoms with van der Waals surface area (Å²) in [6.45, 7) is 3.40. The fourth-order valence-electron chi connectivity index (χ4n) is 5.54. The molecule has 0 spiro atoms. The fraction of sp³-hybridized carbons (Fsp3) is 0.458. The second-order valence-electron chi connectivity index (χ2n) is 9.06. The van der Waals surface area contributed by atoms with Gasteiger partial charge in [0.25, 0.3) is 0 Å². The molecule has 0 N–H and O–H groups in total. The van der Waals surface area contributed by atoms with Crippen molar-refractivity contribution in [3.05, 3.63) is 47.6 Å². The number of rotatable bonds is 5. The predicted molar refractivity (Wildman–Crippen MR) is 121 cm³/mol. The Hall–Kier alpha value is -2.69. The largest absolute Gasteiger partial charge is 0.489 e. The average molecular weight is 432 g/mol. The van der Waals surface area contributed by atoms with Gasteiger partial charge in [0.1, 0.15) is 17.6 Å². The normalized spacial score (nSPS) is 27.8. The zero-order valence-electron chi connectivity index (χ0n) is 17.4. The number of hydrogen-bond acceptors (Lipinski definition) is 7. The van der Waals surface area contributed by atoms with Gasteiger partial charge in [-0.3, -0.25) is 4.90 Å². The van der Waals surface area contributed by atoms with Gasteiger partial charge >= 0.3 is 0 Å². The van der Waals surface area contributed by atoms with Gasteiger partial charge in [0.05, 0.1) is 27.4 Å². The lowest BCUT2D eigenvalue weighted by Gasteiger charge is -2.45. The smallest absolute Gasteiger partial charge is 0.139 e. The number of hydrogen-bond donors (Lipinski definition) is 0. The van der Waals surface area contributed by atoms with E-state index in [9.17, 15) is 0 Å². The van der Waals surface area contributed by atoms with Gasteiger partial charge in [-0.05, 0) is 55.9 Å². The van der Waals surface area contributed by atoms with Crippen molar-refractivity contribution in [2.45, 2.75) is 43.9 Å². The molecule has 0 amide bonds. The molecule has 2 atom stereocenters. The van der Waals surface area contributed by atoms with Gasteiger partial charge in [0.2, 0.25) is 0 Å². The maximum absolute atomic E-state index is 9.02. The number of pyridine rings is 1. The van der Waals surface area contributed by atoms with Crippen LogP contribution in [-0.2, 0) is 0 Å². The van der Waals surface area contributed by atoms with Crippen LogP contribution in [0.1, 0.15) is 31.2 Å². The van der Waals surface area contributed by atoms with E-state index in [1.807, 2.05) is 29.8 Å². The van der Waals surface area contributed by atoms with Gasteiger partial charge in [-0.15, -0.1) is 11.3 Å². The summed E-state index contributed by atoms with van der Waals surface area (Å²) in [6.07, 6.45) is 6.78. The second kappa shape index (κ2) is 7.77. The SMILES string of the molecule is N#Cc1ccc(N2C3CCC2CN(CC2CC(Oc4cccc5ncsc45)C2)C3)nc1. The number of aromatic nitrogens is 2. The molecule has 2 aromatic heterocycles. The third-order valence-corrected chi connectivity index (χ3v) is 7.88. The molecule has 1 saturated carbocycles. The second-order valence-corrected chi connectivity index (χ2v) is 9.92. The summed E-state index contributed by atoms with van der Waals surface area (Å²) >= 11 is 1.66. The van der Waals surface area contributed by atoms with Gasteiger partial charge in [-0.2, -0.15) is 5.26 Å². The number of thiazole rings is 1. The van der Waals surface area contributed by atoms with E-state index in [4.69, 9.17) is 10.00 Å². The van der Waals surface area contributed by atoms with Gasteiger partial charge in [-0.1, -0.05) is 6.07 Å². The van der Waals surface area contributed by atoms with E-state index >= 15 is 0 Å². The van der Waals surface area contributed by atoms with Crippen LogP contribution >= 0.6 is 11.3 Å². The number of nitriles is 1. The van der Waals surface area contributed by atoms with E-state index in [2.05, 4.69) is 31.9 Å². The monoisotopic (exact) mass is 431 g/mol. The van der Waals surface area contributed by atoms with E-state index in [0.717, 1.165) is 53.6 Å². The highest BCUT2D eigenvalue weighted by Gasteiger charge is 2.42. The standard InChI is InChI=1S/C24H25N5OS/c25-10-16-4-7-23(26-11-16)29-18-5-6-19(29)14-28(13-18)12-17-8-20(9-17)30-22-3-1-2-21-24(22)31-15-27-21/h1-4,7,11,15,17-20H,5-6,8-9,12-14H2. The summed E-state index contributed by atoms with van der Waals surface area (Å²) in [5.41, 5.74) is 3.55. The van der Waals surface area contributed by atoms with Crippen LogP contribution in [0.5, 0.6) is 5.75 Å². The Kier molecular flexibility index (Phi) is 4.77. The summed E-state index contributed by atoms with van der Waals surface area (Å²) in [7, 11) is 0. The predicted octanol–water partition coefficient (Wildman–Crippen LogP) is 4.07. The highest BCUT2D eigenvalue weighted by Crippen LogP contribution is 2.38. The summed E-state index contributed by atoms with van der Waals surface area (Å²) in [5, 5.41) is 9.02. The first-order valence-corrected chi connectivity index (χ1v) is 12.0. The summed E-state index contributed by atoms with van der Waals surface area (Å²) in [4.78, 5) is 14.1. The first-order valence-electron chi connectivity index (χ1n) is 11.1. The fourth-order valence-corrected chi connectivity index (χ4v) is 6.28. The van der Waals surface area contributed by atoms with E-state index in [1.54, 1.807) is 17.5 Å². The van der Waals surface area contributed by atoms with Crippen LogP contribution in [0.2, 0.25) is 0 Å². The van der Waals surface area contributed by atoms with Crippen LogP contribution < -0.4 is 9.64 Å². The Morgan fingerprint density at radius 2 is 1.94 bits per heavy atom. The van der Waals surface area contributed by atoms with Crippen molar-refractivity contribution in [3.8, 4) is 11.8 Å². The molecular weight excluding hydrogens is 406 g/mol. The molecule has 2 saturated heterocycles. The molecule has 3 fully saturated rings. The highest BCUT2D eigenvalue weighted by molar-refractivity contribution is 7.17.